The molecule has 6 heteroatoms. The molecule has 0 saturated heterocycles. The summed E-state index contributed by atoms with van der Waals surface area (Å²) in [5.74, 6) is 0.718. The fourth-order valence-corrected chi connectivity index (χ4v) is 4.13. The summed E-state index contributed by atoms with van der Waals surface area (Å²) in [5, 5.41) is 1.40. The zero-order valence-corrected chi connectivity index (χ0v) is 17.0. The average Bonchev–Trinajstić information content (AvgIpc) is 3.08. The third-order valence-electron chi connectivity index (χ3n) is 4.69. The Morgan fingerprint density at radius 3 is 2.46 bits per heavy atom. The second-order valence-electron chi connectivity index (χ2n) is 6.21. The summed E-state index contributed by atoms with van der Waals surface area (Å²) in [7, 11) is 0. The lowest BCUT2D eigenvalue weighted by Crippen LogP contribution is -2.32. The van der Waals surface area contributed by atoms with Gasteiger partial charge in [-0.05, 0) is 49.8 Å². The minimum absolute atomic E-state index is 0.0445. The van der Waals surface area contributed by atoms with E-state index in [4.69, 9.17) is 16.6 Å². The molecule has 138 valence electrons. The van der Waals surface area contributed by atoms with Gasteiger partial charge in [0, 0.05) is 28.6 Å². The van der Waals surface area contributed by atoms with Crippen LogP contribution in [0.2, 0.25) is 5.02 Å². The van der Waals surface area contributed by atoms with Crippen molar-refractivity contribution in [1.29, 1.82) is 0 Å². The first-order valence-corrected chi connectivity index (χ1v) is 10.3. The van der Waals surface area contributed by atoms with E-state index in [1.807, 2.05) is 34.9 Å². The Balaban J connectivity index is 2.14. The van der Waals surface area contributed by atoms with Gasteiger partial charge in [0.05, 0.1) is 5.39 Å². The smallest absolute Gasteiger partial charge is 0.262 e. The van der Waals surface area contributed by atoms with E-state index in [0.717, 1.165) is 47.7 Å². The van der Waals surface area contributed by atoms with Crippen molar-refractivity contribution in [2.75, 3.05) is 19.6 Å². The fourth-order valence-electron chi connectivity index (χ4n) is 3.05. The molecule has 0 spiro atoms. The molecule has 3 aromatic rings. The van der Waals surface area contributed by atoms with Gasteiger partial charge in [-0.15, -0.1) is 11.3 Å². The van der Waals surface area contributed by atoms with Crippen molar-refractivity contribution in [3.05, 3.63) is 50.6 Å². The quantitative estimate of drug-likeness (QED) is 0.588. The highest BCUT2D eigenvalue weighted by molar-refractivity contribution is 7.18. The Morgan fingerprint density at radius 1 is 1.15 bits per heavy atom. The van der Waals surface area contributed by atoms with E-state index in [1.165, 1.54) is 4.88 Å². The maximum absolute atomic E-state index is 13.2. The Bertz CT molecular complexity index is 942. The van der Waals surface area contributed by atoms with Crippen LogP contribution >= 0.6 is 22.9 Å². The first-order valence-electron chi connectivity index (χ1n) is 9.08. The maximum Gasteiger partial charge on any atom is 0.262 e. The largest absolute Gasteiger partial charge is 0.302 e. The van der Waals surface area contributed by atoms with Gasteiger partial charge >= 0.3 is 0 Å². The van der Waals surface area contributed by atoms with Crippen LogP contribution in [-0.4, -0.2) is 34.1 Å². The van der Waals surface area contributed by atoms with Gasteiger partial charge in [-0.1, -0.05) is 32.4 Å². The second kappa shape index (κ2) is 8.33. The molecule has 1 aromatic carbocycles. The number of hydrogen-bond donors (Lipinski definition) is 0. The lowest BCUT2D eigenvalue weighted by atomic mass is 10.2. The summed E-state index contributed by atoms with van der Waals surface area (Å²) in [5.41, 5.74) is 0.961. The van der Waals surface area contributed by atoms with Crippen LogP contribution in [-0.2, 0) is 13.0 Å². The van der Waals surface area contributed by atoms with E-state index >= 15 is 0 Å². The molecule has 0 aliphatic heterocycles. The molecule has 0 bridgehead atoms. The number of halogens is 1. The van der Waals surface area contributed by atoms with Gasteiger partial charge in [-0.3, -0.25) is 9.36 Å². The topological polar surface area (TPSA) is 38.1 Å². The van der Waals surface area contributed by atoms with Crippen LogP contribution in [0.25, 0.3) is 21.6 Å². The molecule has 0 atom stereocenters. The maximum atomic E-state index is 13.2. The Kier molecular flexibility index (Phi) is 6.12. The Labute approximate surface area is 163 Å². The zero-order valence-electron chi connectivity index (χ0n) is 15.5. The van der Waals surface area contributed by atoms with Crippen molar-refractivity contribution in [1.82, 2.24) is 14.5 Å². The molecular weight excluding hydrogens is 366 g/mol. The van der Waals surface area contributed by atoms with Crippen LogP contribution in [0.1, 0.15) is 25.6 Å². The number of likely N-dealkylation sites (N-methyl/N-ethyl adjacent to an activating group) is 1. The Morgan fingerprint density at radius 2 is 1.85 bits per heavy atom. The first kappa shape index (κ1) is 19.1. The van der Waals surface area contributed by atoms with Gasteiger partial charge in [-0.25, -0.2) is 4.98 Å². The minimum atomic E-state index is 0.0445. The van der Waals surface area contributed by atoms with Crippen molar-refractivity contribution in [3.8, 4) is 11.4 Å². The van der Waals surface area contributed by atoms with E-state index in [-0.39, 0.29) is 5.56 Å². The molecule has 3 rings (SSSR count). The minimum Gasteiger partial charge on any atom is -0.302 e. The molecule has 0 N–H and O–H groups in total. The molecule has 4 nitrogen and oxygen atoms in total. The number of thiophene rings is 1. The Hall–Kier alpha value is -1.69. The molecule has 0 unspecified atom stereocenters. The van der Waals surface area contributed by atoms with Gasteiger partial charge in [0.15, 0.2) is 0 Å². The van der Waals surface area contributed by atoms with Gasteiger partial charge in [0.1, 0.15) is 10.7 Å². The summed E-state index contributed by atoms with van der Waals surface area (Å²) in [6, 6.07) is 9.53. The van der Waals surface area contributed by atoms with Crippen LogP contribution in [0.4, 0.5) is 0 Å². The van der Waals surface area contributed by atoms with Crippen LogP contribution in [0, 0.1) is 0 Å². The molecule has 2 aromatic heterocycles. The van der Waals surface area contributed by atoms with Crippen LogP contribution in [0.15, 0.2) is 35.1 Å². The van der Waals surface area contributed by atoms with E-state index in [9.17, 15) is 4.79 Å². The molecule has 0 aliphatic carbocycles. The third kappa shape index (κ3) is 3.85. The molecule has 0 fully saturated rings. The average molecular weight is 390 g/mol. The number of fused-ring (bicyclic) bond motifs is 1. The standard InChI is InChI=1S/C20H24ClN3OS/c1-4-16-13-17-19(26-16)22-18(14-7-9-15(21)10-8-14)24(20(17)25)12-11-23(5-2)6-3/h7-10,13H,4-6,11-12H2,1-3H3. The SMILES string of the molecule is CCc1cc2c(=O)n(CCN(CC)CC)c(-c3ccc(Cl)cc3)nc2s1. The van der Waals surface area contributed by atoms with E-state index in [0.29, 0.717) is 11.6 Å². The van der Waals surface area contributed by atoms with Crippen molar-refractivity contribution in [2.24, 2.45) is 0 Å². The van der Waals surface area contributed by atoms with Crippen molar-refractivity contribution in [3.63, 3.8) is 0 Å². The number of hydrogen-bond acceptors (Lipinski definition) is 4. The first-order chi connectivity index (χ1) is 12.6. The predicted molar refractivity (Wildman–Crippen MR) is 111 cm³/mol. The number of benzene rings is 1. The molecule has 2 heterocycles. The fraction of sp³-hybridized carbons (Fsp3) is 0.400. The molecule has 0 radical (unpaired) electrons. The summed E-state index contributed by atoms with van der Waals surface area (Å²) in [6.45, 7) is 9.76. The normalized spacial score (nSPS) is 11.6. The molecule has 0 amide bonds. The highest BCUT2D eigenvalue weighted by Crippen LogP contribution is 2.26. The molecule has 0 saturated carbocycles. The molecular formula is C20H24ClN3OS. The highest BCUT2D eigenvalue weighted by atomic mass is 35.5. The summed E-state index contributed by atoms with van der Waals surface area (Å²) in [4.78, 5) is 22.4. The third-order valence-corrected chi connectivity index (χ3v) is 6.11. The van der Waals surface area contributed by atoms with Crippen molar-refractivity contribution < 1.29 is 0 Å². The van der Waals surface area contributed by atoms with E-state index in [2.05, 4.69) is 25.7 Å². The van der Waals surface area contributed by atoms with E-state index in [1.54, 1.807) is 11.3 Å². The lowest BCUT2D eigenvalue weighted by molar-refractivity contribution is 0.289. The summed E-state index contributed by atoms with van der Waals surface area (Å²) >= 11 is 7.64. The molecule has 0 aliphatic rings. The predicted octanol–water partition coefficient (Wildman–Crippen LogP) is 4.68. The van der Waals surface area contributed by atoms with Crippen LogP contribution in [0.3, 0.4) is 0 Å². The van der Waals surface area contributed by atoms with Crippen LogP contribution < -0.4 is 5.56 Å². The van der Waals surface area contributed by atoms with Crippen molar-refractivity contribution >= 4 is 33.2 Å². The monoisotopic (exact) mass is 389 g/mol. The van der Waals surface area contributed by atoms with Gasteiger partial charge in [0.2, 0.25) is 0 Å². The number of aromatic nitrogens is 2. The van der Waals surface area contributed by atoms with Gasteiger partial charge in [0.25, 0.3) is 5.56 Å². The number of nitrogens with zero attached hydrogens (tertiary/aromatic N) is 3. The highest BCUT2D eigenvalue weighted by Gasteiger charge is 2.16. The second-order valence-corrected chi connectivity index (χ2v) is 7.76. The van der Waals surface area contributed by atoms with E-state index < -0.39 is 0 Å². The molecule has 26 heavy (non-hydrogen) atoms. The zero-order chi connectivity index (χ0) is 18.7. The summed E-state index contributed by atoms with van der Waals surface area (Å²) in [6.07, 6.45) is 0.913. The van der Waals surface area contributed by atoms with Crippen molar-refractivity contribution in [2.45, 2.75) is 33.7 Å². The lowest BCUT2D eigenvalue weighted by Gasteiger charge is -2.20. The number of rotatable bonds is 7. The van der Waals surface area contributed by atoms with Crippen LogP contribution in [0.5, 0.6) is 0 Å². The summed E-state index contributed by atoms with van der Waals surface area (Å²) < 4.78 is 1.82. The van der Waals surface area contributed by atoms with Gasteiger partial charge < -0.3 is 4.90 Å². The van der Waals surface area contributed by atoms with Gasteiger partial charge in [-0.2, -0.15) is 0 Å². The number of aryl methyl sites for hydroxylation is 1.